The van der Waals surface area contributed by atoms with Crippen LogP contribution in [0.25, 0.3) is 0 Å². The minimum absolute atomic E-state index is 0.116. The van der Waals surface area contributed by atoms with Crippen LogP contribution in [0, 0.1) is 0 Å². The quantitative estimate of drug-likeness (QED) is 0.325. The van der Waals surface area contributed by atoms with E-state index in [9.17, 15) is 0 Å². The van der Waals surface area contributed by atoms with E-state index in [-0.39, 0.29) is 10.3 Å². The summed E-state index contributed by atoms with van der Waals surface area (Å²) in [6, 6.07) is 17.0. The van der Waals surface area contributed by atoms with E-state index in [0.29, 0.717) is 0 Å². The summed E-state index contributed by atoms with van der Waals surface area (Å²) in [5, 5.41) is 0.232. The molecule has 0 amide bonds. The maximum atomic E-state index is 5.51. The summed E-state index contributed by atoms with van der Waals surface area (Å²) >= 11 is 0. The maximum Gasteiger partial charge on any atom is 0.122 e. The molecule has 0 N–H and O–H groups in total. The Morgan fingerprint density at radius 1 is 0.647 bits per heavy atom. The third-order valence-electron chi connectivity index (χ3n) is 5.85. The van der Waals surface area contributed by atoms with Crippen molar-refractivity contribution in [3.05, 3.63) is 72.1 Å². The van der Waals surface area contributed by atoms with Gasteiger partial charge in [0.15, 0.2) is 0 Å². The molecule has 3 rings (SSSR count). The fourth-order valence-electron chi connectivity index (χ4n) is 3.88. The van der Waals surface area contributed by atoms with Crippen LogP contribution in [-0.4, -0.2) is 34.5 Å². The third kappa shape index (κ3) is 6.77. The summed E-state index contributed by atoms with van der Waals surface area (Å²) in [5.41, 5.74) is 5.11. The molecule has 0 aliphatic rings. The Kier molecular flexibility index (Phi) is 8.72. The van der Waals surface area contributed by atoms with Crippen molar-refractivity contribution in [3.8, 4) is 11.5 Å². The monoisotopic (exact) mass is 496 g/mol. The lowest BCUT2D eigenvalue weighted by Gasteiger charge is -2.34. The second-order valence-corrected chi connectivity index (χ2v) is 16.3. The summed E-state index contributed by atoms with van der Waals surface area (Å²) in [4.78, 5) is 9.55. The number of rotatable bonds is 8. The molecule has 0 bridgehead atoms. The normalized spacial score (nSPS) is 13.9. The van der Waals surface area contributed by atoms with Gasteiger partial charge in [-0.1, -0.05) is 65.8 Å². The van der Waals surface area contributed by atoms with Crippen molar-refractivity contribution in [2.75, 3.05) is 14.2 Å². The van der Waals surface area contributed by atoms with Crippen LogP contribution in [0.1, 0.15) is 52.7 Å². The van der Waals surface area contributed by atoms with Gasteiger partial charge in [-0.05, 0) is 61.7 Å². The van der Waals surface area contributed by atoms with E-state index in [1.807, 2.05) is 24.5 Å². The van der Waals surface area contributed by atoms with E-state index < -0.39 is 15.8 Å². The maximum absolute atomic E-state index is 5.51. The van der Waals surface area contributed by atoms with Crippen LogP contribution in [-0.2, 0) is 12.3 Å². The molecule has 6 heteroatoms. The highest BCUT2D eigenvalue weighted by Crippen LogP contribution is 2.54. The molecule has 0 aliphatic heterocycles. The zero-order valence-corrected chi connectivity index (χ0v) is 23.6. The minimum Gasteiger partial charge on any atom is -0.497 e. The van der Waals surface area contributed by atoms with Gasteiger partial charge < -0.3 is 9.47 Å². The Morgan fingerprint density at radius 2 is 1.03 bits per heavy atom. The van der Waals surface area contributed by atoms with Gasteiger partial charge in [0, 0.05) is 24.5 Å². The van der Waals surface area contributed by atoms with Gasteiger partial charge in [-0.25, -0.2) is 0 Å². The zero-order chi connectivity index (χ0) is 24.9. The largest absolute Gasteiger partial charge is 0.497 e. The average Bonchev–Trinajstić information content (AvgIpc) is 2.80. The number of hydrogen-bond donors (Lipinski definition) is 0. The highest BCUT2D eigenvalue weighted by atomic mass is 31.1. The number of ether oxygens (including phenoxy) is 2. The number of nitrogens with zero attached hydrogens (tertiary/aromatic N) is 2. The molecule has 0 saturated heterocycles. The predicted octanol–water partition coefficient (Wildman–Crippen LogP) is 6.71. The van der Waals surface area contributed by atoms with Gasteiger partial charge in [0.1, 0.15) is 11.5 Å². The predicted molar refractivity (Wildman–Crippen MR) is 148 cm³/mol. The minimum atomic E-state index is -0.546. The van der Waals surface area contributed by atoms with Crippen LogP contribution in [0.15, 0.2) is 60.9 Å². The van der Waals surface area contributed by atoms with Crippen molar-refractivity contribution >= 4 is 26.7 Å². The molecule has 2 atom stereocenters. The summed E-state index contributed by atoms with van der Waals surface area (Å²) in [6.07, 6.45) is 5.73. The zero-order valence-electron chi connectivity index (χ0n) is 21.8. The second kappa shape index (κ2) is 11.1. The first-order valence-electron chi connectivity index (χ1n) is 11.6. The highest BCUT2D eigenvalue weighted by Gasteiger charge is 2.31. The molecular formula is C28H38N2O2P2. The van der Waals surface area contributed by atoms with Crippen LogP contribution >= 0.6 is 15.8 Å². The lowest BCUT2D eigenvalue weighted by atomic mass is 10.1. The first-order valence-corrected chi connectivity index (χ1v) is 14.7. The summed E-state index contributed by atoms with van der Waals surface area (Å²) in [6.45, 7) is 13.9. The van der Waals surface area contributed by atoms with E-state index in [4.69, 9.17) is 19.4 Å². The first-order chi connectivity index (χ1) is 16.0. The topological polar surface area (TPSA) is 44.2 Å². The van der Waals surface area contributed by atoms with Crippen LogP contribution in [0.3, 0.4) is 0 Å². The molecule has 2 heterocycles. The van der Waals surface area contributed by atoms with Crippen molar-refractivity contribution in [1.29, 1.82) is 0 Å². The average molecular weight is 497 g/mol. The van der Waals surface area contributed by atoms with E-state index in [1.165, 1.54) is 11.1 Å². The van der Waals surface area contributed by atoms with Crippen molar-refractivity contribution < 1.29 is 9.47 Å². The summed E-state index contributed by atoms with van der Waals surface area (Å²) in [5.74, 6) is 1.74. The van der Waals surface area contributed by atoms with Crippen LogP contribution in [0.5, 0.6) is 11.5 Å². The Labute approximate surface area is 208 Å². The Balaban J connectivity index is 1.98. The van der Waals surface area contributed by atoms with E-state index in [1.54, 1.807) is 14.2 Å². The SMILES string of the molecule is COc1ccnc(P(Cc2ccccc2CP(c2cc(OC)ccn2)C(C)(C)C)C(C)(C)C)c1. The van der Waals surface area contributed by atoms with Gasteiger partial charge in [0.2, 0.25) is 0 Å². The lowest BCUT2D eigenvalue weighted by Crippen LogP contribution is -2.24. The van der Waals surface area contributed by atoms with Crippen molar-refractivity contribution in [1.82, 2.24) is 9.97 Å². The molecule has 0 saturated carbocycles. The standard InChI is InChI=1S/C28H38N2O2P2/c1-27(2,3)33(25-17-23(31-7)13-15-29-25)19-21-11-9-10-12-22(21)20-34(28(4,5)6)26-18-24(32-8)14-16-30-26/h9-18H,19-20H2,1-8H3. The van der Waals surface area contributed by atoms with E-state index in [0.717, 1.165) is 34.7 Å². The fourth-order valence-corrected chi connectivity index (χ4v) is 8.80. The van der Waals surface area contributed by atoms with Gasteiger partial charge in [0.05, 0.1) is 25.1 Å². The summed E-state index contributed by atoms with van der Waals surface area (Å²) in [7, 11) is 2.34. The number of hydrogen-bond acceptors (Lipinski definition) is 4. The molecule has 182 valence electrons. The van der Waals surface area contributed by atoms with Crippen molar-refractivity contribution in [2.24, 2.45) is 0 Å². The molecule has 0 fully saturated rings. The highest BCUT2D eigenvalue weighted by molar-refractivity contribution is 7.66. The fraction of sp³-hybridized carbons (Fsp3) is 0.429. The Hall–Kier alpha value is -2.02. The van der Waals surface area contributed by atoms with Crippen LogP contribution < -0.4 is 20.3 Å². The molecule has 2 aromatic heterocycles. The Morgan fingerprint density at radius 3 is 1.35 bits per heavy atom. The van der Waals surface area contributed by atoms with Crippen LogP contribution in [0.4, 0.5) is 0 Å². The van der Waals surface area contributed by atoms with Crippen molar-refractivity contribution in [2.45, 2.75) is 64.2 Å². The molecular weight excluding hydrogens is 458 g/mol. The van der Waals surface area contributed by atoms with Crippen LogP contribution in [0.2, 0.25) is 0 Å². The molecule has 0 spiro atoms. The van der Waals surface area contributed by atoms with Gasteiger partial charge in [-0.2, -0.15) is 0 Å². The Bertz CT molecular complexity index is 1000. The van der Waals surface area contributed by atoms with Gasteiger partial charge in [-0.3, -0.25) is 9.97 Å². The molecule has 3 aromatic rings. The van der Waals surface area contributed by atoms with Gasteiger partial charge in [-0.15, -0.1) is 0 Å². The van der Waals surface area contributed by atoms with Gasteiger partial charge in [0.25, 0.3) is 0 Å². The number of aromatic nitrogens is 2. The third-order valence-corrected chi connectivity index (χ3v) is 12.0. The molecule has 2 unspecified atom stereocenters. The molecule has 0 aliphatic carbocycles. The second-order valence-electron chi connectivity index (χ2n) is 10.4. The smallest absolute Gasteiger partial charge is 0.122 e. The van der Waals surface area contributed by atoms with Crippen molar-refractivity contribution in [3.63, 3.8) is 0 Å². The molecule has 0 radical (unpaired) electrons. The summed E-state index contributed by atoms with van der Waals surface area (Å²) < 4.78 is 11.0. The first kappa shape index (κ1) is 26.6. The van der Waals surface area contributed by atoms with Gasteiger partial charge >= 0.3 is 0 Å². The lowest BCUT2D eigenvalue weighted by molar-refractivity contribution is 0.414. The van der Waals surface area contributed by atoms with E-state index >= 15 is 0 Å². The number of pyridine rings is 2. The molecule has 4 nitrogen and oxygen atoms in total. The molecule has 34 heavy (non-hydrogen) atoms. The van der Waals surface area contributed by atoms with E-state index in [2.05, 4.69) is 77.9 Å². The number of benzene rings is 1. The molecule has 1 aromatic carbocycles. The number of methoxy groups -OCH3 is 2.